The number of fused-ring (bicyclic) bond motifs is 1. The number of amides is 1. The Morgan fingerprint density at radius 1 is 1.33 bits per heavy atom. The van der Waals surface area contributed by atoms with E-state index < -0.39 is 5.91 Å². The number of hydrogen-bond donors (Lipinski definition) is 2. The highest BCUT2D eigenvalue weighted by atomic mass is 16.1. The minimum Gasteiger partial charge on any atom is -0.366 e. The number of nitrogens with zero attached hydrogens (tertiary/aromatic N) is 2. The van der Waals surface area contributed by atoms with Crippen LogP contribution in [0.25, 0.3) is 0 Å². The molecule has 0 spiro atoms. The second-order valence-electron chi connectivity index (χ2n) is 5.18. The number of nitrogens with two attached hydrogens (primary N) is 1. The first-order valence-electron chi connectivity index (χ1n) is 7.00. The van der Waals surface area contributed by atoms with Gasteiger partial charge < -0.3 is 16.0 Å². The maximum absolute atomic E-state index is 11.5. The number of nitrogens with one attached hydrogen (secondary N) is 1. The van der Waals surface area contributed by atoms with E-state index in [1.54, 1.807) is 12.1 Å². The van der Waals surface area contributed by atoms with Crippen LogP contribution in [0.5, 0.6) is 0 Å². The van der Waals surface area contributed by atoms with Gasteiger partial charge in [0.25, 0.3) is 0 Å². The Morgan fingerprint density at radius 3 is 2.95 bits per heavy atom. The molecule has 108 valence electrons. The Hall–Kier alpha value is -2.40. The van der Waals surface area contributed by atoms with Gasteiger partial charge in [-0.3, -0.25) is 4.79 Å². The second-order valence-corrected chi connectivity index (χ2v) is 5.18. The van der Waals surface area contributed by atoms with Crippen LogP contribution in [0.4, 0.5) is 11.5 Å². The van der Waals surface area contributed by atoms with Gasteiger partial charge in [-0.05, 0) is 30.7 Å². The van der Waals surface area contributed by atoms with Crippen molar-refractivity contribution in [2.45, 2.75) is 13.5 Å². The number of anilines is 2. The average molecular weight is 282 g/mol. The molecule has 5 nitrogen and oxygen atoms in total. The summed E-state index contributed by atoms with van der Waals surface area (Å²) < 4.78 is 0. The molecule has 2 heterocycles. The van der Waals surface area contributed by atoms with Crippen LogP contribution in [0, 0.1) is 6.92 Å². The molecule has 0 atom stereocenters. The van der Waals surface area contributed by atoms with Crippen LogP contribution >= 0.6 is 0 Å². The number of pyridine rings is 1. The van der Waals surface area contributed by atoms with E-state index in [2.05, 4.69) is 27.3 Å². The first-order valence-corrected chi connectivity index (χ1v) is 7.00. The summed E-state index contributed by atoms with van der Waals surface area (Å²) >= 11 is 0. The van der Waals surface area contributed by atoms with E-state index in [4.69, 9.17) is 5.73 Å². The highest BCUT2D eigenvalue weighted by Crippen LogP contribution is 2.29. The Kier molecular flexibility index (Phi) is 3.58. The lowest BCUT2D eigenvalue weighted by Gasteiger charge is -2.24. The van der Waals surface area contributed by atoms with Crippen LogP contribution in [-0.4, -0.2) is 24.0 Å². The number of primary amides is 1. The Morgan fingerprint density at radius 2 is 2.14 bits per heavy atom. The first-order chi connectivity index (χ1) is 10.1. The summed E-state index contributed by atoms with van der Waals surface area (Å²) in [5.74, 6) is 0.336. The predicted octanol–water partition coefficient (Wildman–Crippen LogP) is 1.73. The van der Waals surface area contributed by atoms with Gasteiger partial charge in [-0.25, -0.2) is 4.98 Å². The van der Waals surface area contributed by atoms with Gasteiger partial charge in [-0.2, -0.15) is 0 Å². The van der Waals surface area contributed by atoms with E-state index in [9.17, 15) is 4.79 Å². The van der Waals surface area contributed by atoms with Gasteiger partial charge in [0.2, 0.25) is 5.91 Å². The maximum Gasteiger partial charge on any atom is 0.248 e. The number of hydrogen-bond acceptors (Lipinski definition) is 4. The molecule has 5 heteroatoms. The molecule has 3 rings (SSSR count). The molecule has 21 heavy (non-hydrogen) atoms. The van der Waals surface area contributed by atoms with Crippen molar-refractivity contribution in [3.05, 3.63) is 53.2 Å². The summed E-state index contributed by atoms with van der Waals surface area (Å²) in [5, 5.41) is 3.39. The zero-order chi connectivity index (χ0) is 14.8. The molecular formula is C16H18N4O. The van der Waals surface area contributed by atoms with Crippen molar-refractivity contribution in [1.29, 1.82) is 0 Å². The van der Waals surface area contributed by atoms with Gasteiger partial charge in [0.15, 0.2) is 0 Å². The molecule has 1 aromatic carbocycles. The highest BCUT2D eigenvalue weighted by Gasteiger charge is 2.18. The fraction of sp³-hybridized carbons (Fsp3) is 0.250. The van der Waals surface area contributed by atoms with Crippen molar-refractivity contribution in [2.75, 3.05) is 18.0 Å². The zero-order valence-corrected chi connectivity index (χ0v) is 12.0. The van der Waals surface area contributed by atoms with Crippen LogP contribution in [0.1, 0.15) is 21.6 Å². The highest BCUT2D eigenvalue weighted by molar-refractivity contribution is 5.93. The quantitative estimate of drug-likeness (QED) is 0.880. The van der Waals surface area contributed by atoms with E-state index in [0.717, 1.165) is 36.8 Å². The number of rotatable bonds is 2. The maximum atomic E-state index is 11.5. The number of aryl methyl sites for hydroxylation is 1. The van der Waals surface area contributed by atoms with Gasteiger partial charge in [0.05, 0.1) is 0 Å². The molecule has 0 radical (unpaired) electrons. The Bertz CT molecular complexity index is 684. The molecule has 0 saturated heterocycles. The van der Waals surface area contributed by atoms with Gasteiger partial charge in [0.1, 0.15) is 5.82 Å². The number of para-hydroxylation sites is 1. The smallest absolute Gasteiger partial charge is 0.248 e. The Balaban J connectivity index is 2.09. The lowest BCUT2D eigenvalue weighted by Crippen LogP contribution is -2.26. The standard InChI is InChI=1S/C16H18N4O/c1-11-8-13(16(17)21)9-15(19-11)20-7-6-18-10-12-4-2-3-5-14(12)20/h2-5,8-9,18H,6-7,10H2,1H3,(H2,17,21). The number of carbonyl (C=O) groups is 1. The van der Waals surface area contributed by atoms with E-state index >= 15 is 0 Å². The summed E-state index contributed by atoms with van der Waals surface area (Å²) in [6.07, 6.45) is 0. The number of benzene rings is 1. The van der Waals surface area contributed by atoms with Crippen molar-refractivity contribution in [3.63, 3.8) is 0 Å². The molecule has 1 aliphatic heterocycles. The van der Waals surface area contributed by atoms with E-state index in [1.165, 1.54) is 5.56 Å². The van der Waals surface area contributed by atoms with Crippen molar-refractivity contribution in [3.8, 4) is 0 Å². The first kappa shape index (κ1) is 13.6. The number of aromatic nitrogens is 1. The monoisotopic (exact) mass is 282 g/mol. The minimum atomic E-state index is -0.428. The molecule has 0 saturated carbocycles. The molecule has 0 fully saturated rings. The second kappa shape index (κ2) is 5.54. The zero-order valence-electron chi connectivity index (χ0n) is 12.0. The largest absolute Gasteiger partial charge is 0.366 e. The topological polar surface area (TPSA) is 71.2 Å². The molecule has 0 bridgehead atoms. The summed E-state index contributed by atoms with van der Waals surface area (Å²) in [6, 6.07) is 11.7. The molecule has 1 aliphatic rings. The van der Waals surface area contributed by atoms with Gasteiger partial charge in [0, 0.05) is 36.6 Å². The lowest BCUT2D eigenvalue weighted by atomic mass is 10.1. The van der Waals surface area contributed by atoms with Crippen LogP contribution in [0.3, 0.4) is 0 Å². The normalized spacial score (nSPS) is 14.4. The molecule has 1 aromatic heterocycles. The van der Waals surface area contributed by atoms with Gasteiger partial charge in [-0.1, -0.05) is 18.2 Å². The van der Waals surface area contributed by atoms with Crippen LogP contribution in [0.15, 0.2) is 36.4 Å². The third-order valence-corrected chi connectivity index (χ3v) is 3.61. The SMILES string of the molecule is Cc1cc(C(N)=O)cc(N2CCNCc3ccccc32)n1. The van der Waals surface area contributed by atoms with Gasteiger partial charge >= 0.3 is 0 Å². The molecule has 3 N–H and O–H groups in total. The summed E-state index contributed by atoms with van der Waals surface area (Å²) in [6.45, 7) is 4.36. The number of carbonyl (C=O) groups excluding carboxylic acids is 1. The van der Waals surface area contributed by atoms with Crippen molar-refractivity contribution in [1.82, 2.24) is 10.3 Å². The summed E-state index contributed by atoms with van der Waals surface area (Å²) in [7, 11) is 0. The van der Waals surface area contributed by atoms with Crippen molar-refractivity contribution < 1.29 is 4.79 Å². The van der Waals surface area contributed by atoms with Crippen molar-refractivity contribution in [2.24, 2.45) is 5.73 Å². The predicted molar refractivity (Wildman–Crippen MR) is 82.6 cm³/mol. The van der Waals surface area contributed by atoms with Crippen molar-refractivity contribution >= 4 is 17.4 Å². The third-order valence-electron chi connectivity index (χ3n) is 3.61. The molecule has 0 unspecified atom stereocenters. The third kappa shape index (κ3) is 2.73. The lowest BCUT2D eigenvalue weighted by molar-refractivity contribution is 0.1000. The van der Waals surface area contributed by atoms with E-state index in [-0.39, 0.29) is 0 Å². The van der Waals surface area contributed by atoms with Gasteiger partial charge in [-0.15, -0.1) is 0 Å². The molecule has 0 aliphatic carbocycles. The van der Waals surface area contributed by atoms with Crippen LogP contribution in [0.2, 0.25) is 0 Å². The fourth-order valence-electron chi connectivity index (χ4n) is 2.63. The van der Waals surface area contributed by atoms with Crippen LogP contribution in [-0.2, 0) is 6.54 Å². The van der Waals surface area contributed by atoms with Crippen LogP contribution < -0.4 is 16.0 Å². The molecular weight excluding hydrogens is 264 g/mol. The Labute approximate surface area is 123 Å². The average Bonchev–Trinajstić information content (AvgIpc) is 2.69. The van der Waals surface area contributed by atoms with E-state index in [1.807, 2.05) is 19.1 Å². The fourth-order valence-corrected chi connectivity index (χ4v) is 2.63. The van der Waals surface area contributed by atoms with E-state index in [0.29, 0.717) is 5.56 Å². The minimum absolute atomic E-state index is 0.428. The molecule has 2 aromatic rings. The summed E-state index contributed by atoms with van der Waals surface area (Å²) in [4.78, 5) is 18.2. The molecule has 1 amide bonds. The summed E-state index contributed by atoms with van der Waals surface area (Å²) in [5.41, 5.74) is 9.03.